The molecule has 0 bridgehead atoms. The lowest BCUT2D eigenvalue weighted by atomic mass is 9.95. The molecule has 0 saturated carbocycles. The Balaban J connectivity index is 1.46. The van der Waals surface area contributed by atoms with E-state index in [4.69, 9.17) is 0 Å². The Bertz CT molecular complexity index is 828. The van der Waals surface area contributed by atoms with Crippen LogP contribution in [-0.4, -0.2) is 46.0 Å². The Morgan fingerprint density at radius 2 is 1.93 bits per heavy atom. The summed E-state index contributed by atoms with van der Waals surface area (Å²) in [6, 6.07) is 9.57. The van der Waals surface area contributed by atoms with E-state index in [0.717, 1.165) is 10.2 Å². The molecule has 2 heterocycles. The van der Waals surface area contributed by atoms with Crippen molar-refractivity contribution in [1.29, 1.82) is 0 Å². The van der Waals surface area contributed by atoms with E-state index in [1.54, 1.807) is 17.1 Å². The molecule has 1 N–H and O–H groups in total. The second kappa shape index (κ2) is 9.25. The van der Waals surface area contributed by atoms with E-state index in [2.05, 4.69) is 10.4 Å². The fourth-order valence-corrected chi connectivity index (χ4v) is 3.11. The van der Waals surface area contributed by atoms with Crippen molar-refractivity contribution in [1.82, 2.24) is 14.7 Å². The number of halogens is 2. The summed E-state index contributed by atoms with van der Waals surface area (Å²) in [6.07, 6.45) is 4.68. The highest BCUT2D eigenvalue weighted by Crippen LogP contribution is 2.20. The molecule has 0 atom stereocenters. The molecule has 8 heteroatoms. The van der Waals surface area contributed by atoms with Crippen LogP contribution in [0.1, 0.15) is 18.4 Å². The maximum atomic E-state index is 12.4. The zero-order valence-electron chi connectivity index (χ0n) is 15.3. The summed E-state index contributed by atoms with van der Waals surface area (Å²) < 4.78 is 25.8. The van der Waals surface area contributed by atoms with Crippen LogP contribution in [0.25, 0.3) is 6.08 Å². The number of nitrogens with one attached hydrogen (secondary N) is 1. The number of amides is 2. The highest BCUT2D eigenvalue weighted by molar-refractivity contribution is 5.93. The minimum Gasteiger partial charge on any atom is -0.339 e. The lowest BCUT2D eigenvalue weighted by Gasteiger charge is -2.30. The third kappa shape index (κ3) is 5.48. The lowest BCUT2D eigenvalue weighted by Crippen LogP contribution is -2.40. The Morgan fingerprint density at radius 3 is 2.61 bits per heavy atom. The van der Waals surface area contributed by atoms with Crippen molar-refractivity contribution in [2.45, 2.75) is 25.8 Å². The molecule has 6 nitrogen and oxygen atoms in total. The number of rotatable bonds is 6. The Morgan fingerprint density at radius 1 is 1.21 bits per heavy atom. The molecule has 2 aromatic rings. The molecule has 1 aliphatic rings. The third-order valence-corrected chi connectivity index (χ3v) is 4.62. The number of hydrogen-bond donors (Lipinski definition) is 1. The second-order valence-electron chi connectivity index (χ2n) is 6.67. The monoisotopic (exact) mass is 388 g/mol. The Kier molecular flexibility index (Phi) is 6.52. The number of likely N-dealkylation sites (tertiary alicyclic amines) is 1. The normalized spacial score (nSPS) is 15.3. The van der Waals surface area contributed by atoms with Crippen LogP contribution in [0.3, 0.4) is 0 Å². The Hall–Kier alpha value is -3.03. The van der Waals surface area contributed by atoms with E-state index in [1.165, 1.54) is 12.4 Å². The van der Waals surface area contributed by atoms with Gasteiger partial charge in [-0.3, -0.25) is 14.3 Å². The number of nitrogens with zero attached hydrogens (tertiary/aromatic N) is 3. The summed E-state index contributed by atoms with van der Waals surface area (Å²) in [5.41, 5.74) is 1.35. The van der Waals surface area contributed by atoms with Crippen molar-refractivity contribution in [2.24, 2.45) is 5.92 Å². The van der Waals surface area contributed by atoms with Crippen LogP contribution in [0.4, 0.5) is 14.5 Å². The van der Waals surface area contributed by atoms with Gasteiger partial charge in [-0.1, -0.05) is 30.3 Å². The first-order valence-corrected chi connectivity index (χ1v) is 9.15. The van der Waals surface area contributed by atoms with Gasteiger partial charge in [0.05, 0.1) is 11.9 Å². The summed E-state index contributed by atoms with van der Waals surface area (Å²) in [7, 11) is 0. The first kappa shape index (κ1) is 19.7. The first-order chi connectivity index (χ1) is 13.5. The number of anilines is 1. The molecule has 0 aliphatic carbocycles. The van der Waals surface area contributed by atoms with Crippen molar-refractivity contribution >= 4 is 23.6 Å². The van der Waals surface area contributed by atoms with Crippen LogP contribution in [-0.2, 0) is 16.1 Å². The number of piperidine rings is 1. The standard InChI is InChI=1S/C20H22F2N4O2/c21-18(22)14-26-13-17(12-23-26)24-20(28)16-8-10-25(11-9-16)19(27)7-6-15-4-2-1-3-5-15/h1-7,12-13,16,18H,8-11,14H2,(H,24,28)/b7-6+. The van der Waals surface area contributed by atoms with Gasteiger partial charge in [-0.25, -0.2) is 8.78 Å². The highest BCUT2D eigenvalue weighted by Gasteiger charge is 2.26. The topological polar surface area (TPSA) is 67.2 Å². The summed E-state index contributed by atoms with van der Waals surface area (Å²) in [6.45, 7) is 0.494. The molecule has 3 rings (SSSR count). The highest BCUT2D eigenvalue weighted by atomic mass is 19.3. The van der Waals surface area contributed by atoms with Gasteiger partial charge < -0.3 is 10.2 Å². The number of carbonyl (C=O) groups is 2. The number of hydrogen-bond acceptors (Lipinski definition) is 3. The number of carbonyl (C=O) groups excluding carboxylic acids is 2. The molecular formula is C20H22F2N4O2. The minimum absolute atomic E-state index is 0.0732. The van der Waals surface area contributed by atoms with Crippen LogP contribution in [0.5, 0.6) is 0 Å². The maximum absolute atomic E-state index is 12.4. The molecule has 148 valence electrons. The van der Waals surface area contributed by atoms with Gasteiger partial charge in [0.1, 0.15) is 6.54 Å². The third-order valence-electron chi connectivity index (χ3n) is 4.62. The van der Waals surface area contributed by atoms with Gasteiger partial charge in [0.2, 0.25) is 11.8 Å². The smallest absolute Gasteiger partial charge is 0.257 e. The van der Waals surface area contributed by atoms with Gasteiger partial charge in [0, 0.05) is 31.3 Å². The van der Waals surface area contributed by atoms with Crippen molar-refractivity contribution < 1.29 is 18.4 Å². The summed E-state index contributed by atoms with van der Waals surface area (Å²) in [5.74, 6) is -0.472. The van der Waals surface area contributed by atoms with E-state index in [-0.39, 0.29) is 17.7 Å². The number of alkyl halides is 2. The molecule has 1 fully saturated rings. The average molecular weight is 388 g/mol. The predicted octanol–water partition coefficient (Wildman–Crippen LogP) is 3.04. The second-order valence-corrected chi connectivity index (χ2v) is 6.67. The van der Waals surface area contributed by atoms with Crippen LogP contribution >= 0.6 is 0 Å². The van der Waals surface area contributed by atoms with E-state index in [0.29, 0.717) is 31.6 Å². The van der Waals surface area contributed by atoms with Crippen molar-refractivity contribution in [3.63, 3.8) is 0 Å². The van der Waals surface area contributed by atoms with Crippen molar-refractivity contribution in [2.75, 3.05) is 18.4 Å². The molecular weight excluding hydrogens is 366 g/mol. The summed E-state index contributed by atoms with van der Waals surface area (Å²) in [5, 5.41) is 6.51. The molecule has 1 saturated heterocycles. The van der Waals surface area contributed by atoms with Gasteiger partial charge in [-0.05, 0) is 24.5 Å². The molecule has 0 spiro atoms. The average Bonchev–Trinajstić information content (AvgIpc) is 3.13. The molecule has 1 aromatic heterocycles. The fraction of sp³-hybridized carbons (Fsp3) is 0.350. The number of aromatic nitrogens is 2. The van der Waals surface area contributed by atoms with Crippen LogP contribution in [0.2, 0.25) is 0 Å². The van der Waals surface area contributed by atoms with Crippen LogP contribution in [0, 0.1) is 5.92 Å². The van der Waals surface area contributed by atoms with E-state index in [1.807, 2.05) is 30.3 Å². The SMILES string of the molecule is O=C(Nc1cnn(CC(F)F)c1)C1CCN(C(=O)/C=C/c2ccccc2)CC1. The Labute approximate surface area is 161 Å². The van der Waals surface area contributed by atoms with E-state index >= 15 is 0 Å². The molecule has 1 aromatic carbocycles. The van der Waals surface area contributed by atoms with Gasteiger partial charge in [0.15, 0.2) is 0 Å². The fourth-order valence-electron chi connectivity index (χ4n) is 3.11. The van der Waals surface area contributed by atoms with Gasteiger partial charge in [-0.2, -0.15) is 5.10 Å². The quantitative estimate of drug-likeness (QED) is 0.774. The van der Waals surface area contributed by atoms with Gasteiger partial charge in [0.25, 0.3) is 6.43 Å². The largest absolute Gasteiger partial charge is 0.339 e. The van der Waals surface area contributed by atoms with Crippen molar-refractivity contribution in [3.05, 3.63) is 54.4 Å². The minimum atomic E-state index is -2.50. The number of benzene rings is 1. The van der Waals surface area contributed by atoms with E-state index in [9.17, 15) is 18.4 Å². The summed E-state index contributed by atoms with van der Waals surface area (Å²) in [4.78, 5) is 26.4. The molecule has 0 unspecified atom stereocenters. The first-order valence-electron chi connectivity index (χ1n) is 9.15. The maximum Gasteiger partial charge on any atom is 0.257 e. The summed E-state index contributed by atoms with van der Waals surface area (Å²) >= 11 is 0. The van der Waals surface area contributed by atoms with Crippen LogP contribution < -0.4 is 5.32 Å². The lowest BCUT2D eigenvalue weighted by molar-refractivity contribution is -0.130. The molecule has 0 radical (unpaired) electrons. The zero-order valence-corrected chi connectivity index (χ0v) is 15.3. The van der Waals surface area contributed by atoms with Gasteiger partial charge in [-0.15, -0.1) is 0 Å². The van der Waals surface area contributed by atoms with Gasteiger partial charge >= 0.3 is 0 Å². The predicted molar refractivity (Wildman–Crippen MR) is 102 cm³/mol. The molecule has 28 heavy (non-hydrogen) atoms. The van der Waals surface area contributed by atoms with Crippen molar-refractivity contribution in [3.8, 4) is 0 Å². The van der Waals surface area contributed by atoms with Crippen LogP contribution in [0.15, 0.2) is 48.8 Å². The molecule has 1 aliphatic heterocycles. The molecule has 2 amide bonds. The van der Waals surface area contributed by atoms with E-state index < -0.39 is 13.0 Å². The zero-order chi connectivity index (χ0) is 19.9.